The van der Waals surface area contributed by atoms with Crippen LogP contribution in [0.15, 0.2) is 47.4 Å². The second-order valence-electron chi connectivity index (χ2n) is 5.01. The fourth-order valence-electron chi connectivity index (χ4n) is 1.90. The molecule has 0 radical (unpaired) electrons. The number of nitrogens with one attached hydrogen (secondary N) is 1. The molecule has 5 nitrogen and oxygen atoms in total. The Morgan fingerprint density at radius 1 is 1.09 bits per heavy atom. The quantitative estimate of drug-likeness (QED) is 0.939. The van der Waals surface area contributed by atoms with Crippen molar-refractivity contribution in [3.8, 4) is 11.5 Å². The van der Waals surface area contributed by atoms with Gasteiger partial charge in [0.1, 0.15) is 11.5 Å². The zero-order chi connectivity index (χ0) is 16.3. The van der Waals surface area contributed by atoms with Gasteiger partial charge in [-0.1, -0.05) is 0 Å². The first-order valence-corrected chi connectivity index (χ1v) is 8.51. The molecule has 0 bridgehead atoms. The number of ether oxygens (including phenoxy) is 1. The Kier molecular flexibility index (Phi) is 4.51. The molecule has 6 heteroatoms. The predicted octanol–water partition coefficient (Wildman–Crippen LogP) is 3.15. The Morgan fingerprint density at radius 2 is 1.73 bits per heavy atom. The fourth-order valence-corrected chi connectivity index (χ4v) is 2.61. The summed E-state index contributed by atoms with van der Waals surface area (Å²) >= 11 is 0. The molecule has 0 aromatic heterocycles. The first kappa shape index (κ1) is 16.0. The monoisotopic (exact) mass is 319 g/mol. The molecule has 1 amide bonds. The molecule has 0 aliphatic rings. The zero-order valence-electron chi connectivity index (χ0n) is 12.6. The van der Waals surface area contributed by atoms with Crippen molar-refractivity contribution in [3.05, 3.63) is 48.0 Å². The summed E-state index contributed by atoms with van der Waals surface area (Å²) in [5, 5.41) is 2.67. The Balaban J connectivity index is 2.19. The van der Waals surface area contributed by atoms with Gasteiger partial charge in [-0.05, 0) is 55.0 Å². The van der Waals surface area contributed by atoms with E-state index < -0.39 is 9.84 Å². The summed E-state index contributed by atoms with van der Waals surface area (Å²) in [6.07, 6.45) is 1.17. The Morgan fingerprint density at radius 3 is 2.23 bits per heavy atom. The van der Waals surface area contributed by atoms with Gasteiger partial charge < -0.3 is 10.1 Å². The van der Waals surface area contributed by atoms with Crippen LogP contribution in [-0.2, 0) is 14.6 Å². The van der Waals surface area contributed by atoms with E-state index in [0.717, 1.165) is 5.56 Å². The molecule has 0 fully saturated rings. The summed E-state index contributed by atoms with van der Waals surface area (Å²) in [7, 11) is -3.23. The highest BCUT2D eigenvalue weighted by atomic mass is 32.2. The Bertz CT molecular complexity index is 795. The smallest absolute Gasteiger partial charge is 0.221 e. The van der Waals surface area contributed by atoms with Gasteiger partial charge in [0.05, 0.1) is 4.90 Å². The van der Waals surface area contributed by atoms with Crippen molar-refractivity contribution in [2.45, 2.75) is 18.7 Å². The van der Waals surface area contributed by atoms with E-state index in [1.54, 1.807) is 43.3 Å². The summed E-state index contributed by atoms with van der Waals surface area (Å²) < 4.78 is 28.7. The zero-order valence-corrected chi connectivity index (χ0v) is 13.4. The van der Waals surface area contributed by atoms with Crippen molar-refractivity contribution in [1.82, 2.24) is 0 Å². The number of hydrogen-bond donors (Lipinski definition) is 1. The van der Waals surface area contributed by atoms with Gasteiger partial charge in [0.15, 0.2) is 9.84 Å². The first-order chi connectivity index (χ1) is 10.3. The third-order valence-corrected chi connectivity index (χ3v) is 4.09. The molecule has 0 atom stereocenters. The standard InChI is InChI=1S/C16H17NO4S/c1-11-10-15(22(3,19)20)8-9-16(11)21-14-6-4-13(5-7-14)17-12(2)18/h4-10H,1-3H3,(H,17,18). The SMILES string of the molecule is CC(=O)Nc1ccc(Oc2ccc(S(C)(=O)=O)cc2C)cc1. The second kappa shape index (κ2) is 6.19. The van der Waals surface area contributed by atoms with E-state index in [1.807, 2.05) is 0 Å². The van der Waals surface area contributed by atoms with Crippen LogP contribution >= 0.6 is 0 Å². The van der Waals surface area contributed by atoms with Crippen molar-refractivity contribution < 1.29 is 17.9 Å². The number of carbonyl (C=O) groups is 1. The number of anilines is 1. The minimum absolute atomic E-state index is 0.138. The van der Waals surface area contributed by atoms with Gasteiger partial charge in [-0.15, -0.1) is 0 Å². The maximum absolute atomic E-state index is 11.5. The number of carbonyl (C=O) groups excluding carboxylic acids is 1. The Labute approximate surface area is 129 Å². The summed E-state index contributed by atoms with van der Waals surface area (Å²) in [6.45, 7) is 3.23. The van der Waals surface area contributed by atoms with Crippen LogP contribution in [0.5, 0.6) is 11.5 Å². The number of rotatable bonds is 4. The molecule has 0 aliphatic carbocycles. The molecule has 0 aliphatic heterocycles. The van der Waals surface area contributed by atoms with Crippen LogP contribution in [0.2, 0.25) is 0 Å². The average molecular weight is 319 g/mol. The molecule has 0 saturated heterocycles. The predicted molar refractivity (Wildman–Crippen MR) is 85.1 cm³/mol. The van der Waals surface area contributed by atoms with E-state index in [9.17, 15) is 13.2 Å². The fraction of sp³-hybridized carbons (Fsp3) is 0.188. The van der Waals surface area contributed by atoms with Gasteiger partial charge >= 0.3 is 0 Å². The normalized spacial score (nSPS) is 11.0. The van der Waals surface area contributed by atoms with E-state index in [2.05, 4.69) is 5.32 Å². The maximum atomic E-state index is 11.5. The number of hydrogen-bond acceptors (Lipinski definition) is 4. The van der Waals surface area contributed by atoms with E-state index in [4.69, 9.17) is 4.74 Å². The number of benzene rings is 2. The van der Waals surface area contributed by atoms with E-state index in [1.165, 1.54) is 19.2 Å². The highest BCUT2D eigenvalue weighted by molar-refractivity contribution is 7.90. The maximum Gasteiger partial charge on any atom is 0.221 e. The van der Waals surface area contributed by atoms with E-state index in [0.29, 0.717) is 17.2 Å². The van der Waals surface area contributed by atoms with Gasteiger partial charge in [-0.2, -0.15) is 0 Å². The van der Waals surface area contributed by atoms with Crippen molar-refractivity contribution in [2.75, 3.05) is 11.6 Å². The lowest BCUT2D eigenvalue weighted by atomic mass is 10.2. The molecule has 2 aromatic rings. The number of sulfone groups is 1. The molecule has 1 N–H and O–H groups in total. The van der Waals surface area contributed by atoms with Gasteiger partial charge in [0.25, 0.3) is 0 Å². The molecular weight excluding hydrogens is 302 g/mol. The van der Waals surface area contributed by atoms with Crippen molar-refractivity contribution in [2.24, 2.45) is 0 Å². The lowest BCUT2D eigenvalue weighted by Gasteiger charge is -2.10. The van der Waals surface area contributed by atoms with Crippen LogP contribution in [0.1, 0.15) is 12.5 Å². The molecular formula is C16H17NO4S. The van der Waals surface area contributed by atoms with Gasteiger partial charge in [0.2, 0.25) is 5.91 Å². The van der Waals surface area contributed by atoms with Crippen LogP contribution in [0, 0.1) is 6.92 Å². The molecule has 22 heavy (non-hydrogen) atoms. The molecule has 2 aromatic carbocycles. The van der Waals surface area contributed by atoms with Crippen LogP contribution in [-0.4, -0.2) is 20.6 Å². The molecule has 0 heterocycles. The van der Waals surface area contributed by atoms with Crippen molar-refractivity contribution in [1.29, 1.82) is 0 Å². The molecule has 116 valence electrons. The van der Waals surface area contributed by atoms with E-state index in [-0.39, 0.29) is 10.8 Å². The largest absolute Gasteiger partial charge is 0.457 e. The third kappa shape index (κ3) is 4.08. The highest BCUT2D eigenvalue weighted by Gasteiger charge is 2.10. The van der Waals surface area contributed by atoms with Crippen LogP contribution in [0.4, 0.5) is 5.69 Å². The van der Waals surface area contributed by atoms with Gasteiger partial charge in [0, 0.05) is 18.9 Å². The number of aryl methyl sites for hydroxylation is 1. The van der Waals surface area contributed by atoms with Crippen LogP contribution in [0.25, 0.3) is 0 Å². The summed E-state index contributed by atoms with van der Waals surface area (Å²) in [6, 6.07) is 11.7. The summed E-state index contributed by atoms with van der Waals surface area (Å²) in [5.74, 6) is 1.05. The molecule has 2 rings (SSSR count). The lowest BCUT2D eigenvalue weighted by molar-refractivity contribution is -0.114. The minimum atomic E-state index is -3.23. The van der Waals surface area contributed by atoms with Crippen molar-refractivity contribution >= 4 is 21.4 Å². The first-order valence-electron chi connectivity index (χ1n) is 6.62. The van der Waals surface area contributed by atoms with E-state index >= 15 is 0 Å². The van der Waals surface area contributed by atoms with Gasteiger partial charge in [-0.3, -0.25) is 4.79 Å². The topological polar surface area (TPSA) is 72.5 Å². The lowest BCUT2D eigenvalue weighted by Crippen LogP contribution is -2.05. The minimum Gasteiger partial charge on any atom is -0.457 e. The van der Waals surface area contributed by atoms with Crippen LogP contribution < -0.4 is 10.1 Å². The molecule has 0 unspecified atom stereocenters. The summed E-state index contributed by atoms with van der Waals surface area (Å²) in [4.78, 5) is 11.2. The average Bonchev–Trinajstić information content (AvgIpc) is 2.41. The third-order valence-electron chi connectivity index (χ3n) is 2.98. The highest BCUT2D eigenvalue weighted by Crippen LogP contribution is 2.27. The second-order valence-corrected chi connectivity index (χ2v) is 7.02. The van der Waals surface area contributed by atoms with Gasteiger partial charge in [-0.25, -0.2) is 8.42 Å². The summed E-state index contributed by atoms with van der Waals surface area (Å²) in [5.41, 5.74) is 1.41. The molecule has 0 spiro atoms. The van der Waals surface area contributed by atoms with Crippen molar-refractivity contribution in [3.63, 3.8) is 0 Å². The molecule has 0 saturated carbocycles. The Hall–Kier alpha value is -2.34. The number of amides is 1. The van der Waals surface area contributed by atoms with Crippen LogP contribution in [0.3, 0.4) is 0 Å².